The van der Waals surface area contributed by atoms with Gasteiger partial charge in [0.1, 0.15) is 0 Å². The monoisotopic (exact) mass is 260 g/mol. The topological polar surface area (TPSA) is 35.5 Å². The Balaban J connectivity index is 1.68. The van der Waals surface area contributed by atoms with E-state index < -0.39 is 5.60 Å². The molecule has 1 saturated heterocycles. The lowest BCUT2D eigenvalue weighted by atomic mass is 10.1. The van der Waals surface area contributed by atoms with E-state index in [1.807, 2.05) is 6.92 Å². The molecule has 2 N–H and O–H groups in total. The van der Waals surface area contributed by atoms with Crippen LogP contribution in [0.15, 0.2) is 18.2 Å². The summed E-state index contributed by atoms with van der Waals surface area (Å²) in [6.45, 7) is 6.78. The molecule has 3 rings (SSSR count). The molecule has 2 aliphatic rings. The molecule has 104 valence electrons. The molecule has 1 atom stereocenters. The molecule has 3 nitrogen and oxygen atoms in total. The van der Waals surface area contributed by atoms with E-state index in [4.69, 9.17) is 0 Å². The minimum absolute atomic E-state index is 0.528. The van der Waals surface area contributed by atoms with Crippen LogP contribution in [0.2, 0.25) is 0 Å². The van der Waals surface area contributed by atoms with Gasteiger partial charge in [-0.1, -0.05) is 6.07 Å². The number of benzene rings is 1. The molecule has 0 aromatic heterocycles. The van der Waals surface area contributed by atoms with Gasteiger partial charge in [0.05, 0.1) is 5.60 Å². The smallest absolute Gasteiger partial charge is 0.0810 e. The summed E-state index contributed by atoms with van der Waals surface area (Å²) in [6, 6.07) is 7.43. The summed E-state index contributed by atoms with van der Waals surface area (Å²) >= 11 is 0. The van der Waals surface area contributed by atoms with Gasteiger partial charge in [0.2, 0.25) is 0 Å². The van der Waals surface area contributed by atoms with Gasteiger partial charge in [-0.25, -0.2) is 0 Å². The molecular weight excluding hydrogens is 236 g/mol. The number of hydrogen-bond acceptors (Lipinski definition) is 3. The highest BCUT2D eigenvalue weighted by molar-refractivity contribution is 5.52. The molecule has 1 aliphatic heterocycles. The summed E-state index contributed by atoms with van der Waals surface area (Å²) in [4.78, 5) is 2.28. The maximum Gasteiger partial charge on any atom is 0.0810 e. The highest BCUT2D eigenvalue weighted by Gasteiger charge is 2.31. The van der Waals surface area contributed by atoms with Crippen LogP contribution in [-0.4, -0.2) is 29.8 Å². The van der Waals surface area contributed by atoms with Crippen molar-refractivity contribution in [2.45, 2.75) is 51.3 Å². The van der Waals surface area contributed by atoms with Crippen molar-refractivity contribution in [3.8, 4) is 0 Å². The molecule has 19 heavy (non-hydrogen) atoms. The van der Waals surface area contributed by atoms with Crippen molar-refractivity contribution in [1.82, 2.24) is 5.32 Å². The number of nitrogens with zero attached hydrogens (tertiary/aromatic N) is 1. The summed E-state index contributed by atoms with van der Waals surface area (Å²) < 4.78 is 0. The Morgan fingerprint density at radius 2 is 2.21 bits per heavy atom. The largest absolute Gasteiger partial charge is 0.388 e. The van der Waals surface area contributed by atoms with E-state index in [1.165, 1.54) is 29.7 Å². The lowest BCUT2D eigenvalue weighted by molar-refractivity contribution is 0.0839. The van der Waals surface area contributed by atoms with Crippen molar-refractivity contribution in [2.75, 3.05) is 18.0 Å². The fourth-order valence-electron chi connectivity index (χ4n) is 2.78. The molecular formula is C16H24N2O. The van der Waals surface area contributed by atoms with Crippen LogP contribution in [-0.2, 0) is 6.54 Å². The van der Waals surface area contributed by atoms with Gasteiger partial charge < -0.3 is 15.3 Å². The summed E-state index contributed by atoms with van der Waals surface area (Å²) in [5, 5.41) is 13.6. The van der Waals surface area contributed by atoms with Gasteiger partial charge in [-0.15, -0.1) is 0 Å². The van der Waals surface area contributed by atoms with Crippen LogP contribution in [0.3, 0.4) is 0 Å². The Bertz CT molecular complexity index is 466. The zero-order valence-corrected chi connectivity index (χ0v) is 11.9. The number of nitrogens with one attached hydrogen (secondary N) is 1. The second-order valence-corrected chi connectivity index (χ2v) is 6.43. The average molecular weight is 260 g/mol. The van der Waals surface area contributed by atoms with E-state index in [-0.39, 0.29) is 0 Å². The molecule has 0 amide bonds. The van der Waals surface area contributed by atoms with Gasteiger partial charge in [-0.2, -0.15) is 0 Å². The Morgan fingerprint density at radius 3 is 2.79 bits per heavy atom. The van der Waals surface area contributed by atoms with Crippen LogP contribution >= 0.6 is 0 Å². The van der Waals surface area contributed by atoms with Crippen LogP contribution in [0, 0.1) is 6.92 Å². The van der Waals surface area contributed by atoms with Gasteiger partial charge in [0.15, 0.2) is 0 Å². The first-order valence-corrected chi connectivity index (χ1v) is 7.34. The molecule has 1 aliphatic carbocycles. The lowest BCUT2D eigenvalue weighted by Crippen LogP contribution is -2.29. The first-order valence-electron chi connectivity index (χ1n) is 7.34. The molecule has 1 saturated carbocycles. The zero-order valence-electron chi connectivity index (χ0n) is 11.9. The molecule has 0 radical (unpaired) electrons. The standard InChI is InChI=1S/C16H24N2O/c1-12-9-15(18-8-7-16(2,19)11-18)6-3-13(12)10-17-14-4-5-14/h3,6,9,14,17,19H,4-5,7-8,10-11H2,1-2H3. The second kappa shape index (κ2) is 4.80. The van der Waals surface area contributed by atoms with E-state index >= 15 is 0 Å². The fraction of sp³-hybridized carbons (Fsp3) is 0.625. The van der Waals surface area contributed by atoms with Gasteiger partial charge in [-0.3, -0.25) is 0 Å². The quantitative estimate of drug-likeness (QED) is 0.871. The molecule has 2 fully saturated rings. The first-order chi connectivity index (χ1) is 9.03. The Morgan fingerprint density at radius 1 is 1.42 bits per heavy atom. The summed E-state index contributed by atoms with van der Waals surface area (Å²) in [6.07, 6.45) is 3.52. The van der Waals surface area contributed by atoms with Crippen LogP contribution in [0.25, 0.3) is 0 Å². The van der Waals surface area contributed by atoms with Gasteiger partial charge >= 0.3 is 0 Å². The predicted molar refractivity (Wildman–Crippen MR) is 78.5 cm³/mol. The van der Waals surface area contributed by atoms with Crippen molar-refractivity contribution >= 4 is 5.69 Å². The number of aryl methyl sites for hydroxylation is 1. The number of hydrogen-bond donors (Lipinski definition) is 2. The van der Waals surface area contributed by atoms with E-state index in [0.29, 0.717) is 0 Å². The van der Waals surface area contributed by atoms with Crippen molar-refractivity contribution in [3.05, 3.63) is 29.3 Å². The Hall–Kier alpha value is -1.06. The van der Waals surface area contributed by atoms with Crippen LogP contribution in [0.5, 0.6) is 0 Å². The van der Waals surface area contributed by atoms with Gasteiger partial charge in [0.25, 0.3) is 0 Å². The third kappa shape index (κ3) is 3.10. The van der Waals surface area contributed by atoms with Crippen molar-refractivity contribution in [2.24, 2.45) is 0 Å². The summed E-state index contributed by atoms with van der Waals surface area (Å²) in [5.74, 6) is 0. The highest BCUT2D eigenvalue weighted by atomic mass is 16.3. The van der Waals surface area contributed by atoms with Crippen LogP contribution in [0.1, 0.15) is 37.3 Å². The normalized spacial score (nSPS) is 27.0. The molecule has 3 heteroatoms. The number of rotatable bonds is 4. The van der Waals surface area contributed by atoms with Crippen molar-refractivity contribution in [3.63, 3.8) is 0 Å². The summed E-state index contributed by atoms with van der Waals surface area (Å²) in [5.41, 5.74) is 3.45. The second-order valence-electron chi connectivity index (χ2n) is 6.43. The lowest BCUT2D eigenvalue weighted by Gasteiger charge is -2.22. The fourth-order valence-corrected chi connectivity index (χ4v) is 2.78. The third-order valence-electron chi connectivity index (χ3n) is 4.30. The van der Waals surface area contributed by atoms with Crippen LogP contribution in [0.4, 0.5) is 5.69 Å². The van der Waals surface area contributed by atoms with Crippen molar-refractivity contribution in [1.29, 1.82) is 0 Å². The molecule has 1 aromatic carbocycles. The molecule has 0 spiro atoms. The molecule has 1 aromatic rings. The Kier molecular flexibility index (Phi) is 3.27. The molecule has 0 bridgehead atoms. The minimum atomic E-state index is -0.528. The molecule has 1 heterocycles. The number of β-amino-alcohol motifs (C(OH)–C–C–N with tert-alkyl or cyclic N) is 1. The van der Waals surface area contributed by atoms with E-state index in [1.54, 1.807) is 0 Å². The zero-order chi connectivity index (χ0) is 13.5. The average Bonchev–Trinajstić information content (AvgIpc) is 3.11. The first kappa shape index (κ1) is 12.9. The summed E-state index contributed by atoms with van der Waals surface area (Å²) in [7, 11) is 0. The van der Waals surface area contributed by atoms with Gasteiger partial charge in [-0.05, 0) is 56.4 Å². The van der Waals surface area contributed by atoms with Crippen molar-refractivity contribution < 1.29 is 5.11 Å². The highest BCUT2D eigenvalue weighted by Crippen LogP contribution is 2.28. The minimum Gasteiger partial charge on any atom is -0.388 e. The predicted octanol–water partition coefficient (Wildman–Crippen LogP) is 2.21. The number of anilines is 1. The maximum absolute atomic E-state index is 10.1. The van der Waals surface area contributed by atoms with Crippen LogP contribution < -0.4 is 10.2 Å². The van der Waals surface area contributed by atoms with E-state index in [9.17, 15) is 5.11 Å². The van der Waals surface area contributed by atoms with Gasteiger partial charge in [0, 0.05) is 31.4 Å². The third-order valence-corrected chi connectivity index (χ3v) is 4.30. The molecule has 1 unspecified atom stereocenters. The number of aliphatic hydroxyl groups is 1. The van der Waals surface area contributed by atoms with E-state index in [2.05, 4.69) is 35.3 Å². The Labute approximate surface area is 115 Å². The maximum atomic E-state index is 10.1. The van der Waals surface area contributed by atoms with E-state index in [0.717, 1.165) is 32.1 Å². The SMILES string of the molecule is Cc1cc(N2CCC(C)(O)C2)ccc1CNC1CC1.